The molecule has 9 heteroatoms. The molecule has 3 N–H and O–H groups in total. The van der Waals surface area contributed by atoms with Crippen LogP contribution in [0.3, 0.4) is 0 Å². The van der Waals surface area contributed by atoms with Crippen LogP contribution in [-0.2, 0) is 38.6 Å². The number of unbranched alkanes of at least 4 members (excludes halogenated alkanes) is 10. The quantitative estimate of drug-likeness (QED) is 0.0426. The molecule has 4 aromatic carbocycles. The number of aliphatic hydroxyl groups is 1. The fourth-order valence-electron chi connectivity index (χ4n) is 8.38. The summed E-state index contributed by atoms with van der Waals surface area (Å²) in [6.45, 7) is 10.1. The van der Waals surface area contributed by atoms with Crippen molar-refractivity contribution >= 4 is 12.0 Å². The Morgan fingerprint density at radius 3 is 1.94 bits per heavy atom. The Bertz CT molecular complexity index is 1850. The zero-order chi connectivity index (χ0) is 43.9. The van der Waals surface area contributed by atoms with Gasteiger partial charge in [0, 0.05) is 31.0 Å². The Hall–Kier alpha value is -4.54. The highest BCUT2D eigenvalue weighted by atomic mass is 16.7. The highest BCUT2D eigenvalue weighted by Crippen LogP contribution is 2.42. The van der Waals surface area contributed by atoms with Crippen LogP contribution in [0.1, 0.15) is 138 Å². The van der Waals surface area contributed by atoms with Gasteiger partial charge in [0.25, 0.3) is 0 Å². The zero-order valence-electron chi connectivity index (χ0n) is 37.9. The molecule has 5 rings (SSSR count). The smallest absolute Gasteiger partial charge is 0.328 e. The minimum absolute atomic E-state index is 0.00925. The van der Waals surface area contributed by atoms with E-state index < -0.39 is 24.3 Å². The van der Waals surface area contributed by atoms with Gasteiger partial charge in [0.2, 0.25) is 0 Å². The van der Waals surface area contributed by atoms with Gasteiger partial charge in [-0.25, -0.2) is 9.59 Å². The predicted octanol–water partition coefficient (Wildman–Crippen LogP) is 11.2. The van der Waals surface area contributed by atoms with Crippen LogP contribution in [0.4, 0.5) is 4.79 Å². The Kier molecular flexibility index (Phi) is 21.0. The summed E-state index contributed by atoms with van der Waals surface area (Å²) in [5.41, 5.74) is 6.86. The normalized spacial score (nSPS) is 18.0. The molecule has 5 atom stereocenters. The molecule has 1 fully saturated rings. The highest BCUT2D eigenvalue weighted by Gasteiger charge is 2.39. The van der Waals surface area contributed by atoms with Crippen LogP contribution >= 0.6 is 0 Å². The largest absolute Gasteiger partial charge is 0.467 e. The summed E-state index contributed by atoms with van der Waals surface area (Å²) in [7, 11) is 1.32. The van der Waals surface area contributed by atoms with Crippen molar-refractivity contribution in [2.45, 2.75) is 142 Å². The molecule has 0 saturated carbocycles. The fourth-order valence-corrected chi connectivity index (χ4v) is 8.38. The number of esters is 1. The second-order valence-electron chi connectivity index (χ2n) is 17.1. The molecule has 62 heavy (non-hydrogen) atoms. The highest BCUT2D eigenvalue weighted by molar-refractivity contribution is 5.83. The summed E-state index contributed by atoms with van der Waals surface area (Å²) in [5, 5.41) is 15.4. The second-order valence-corrected chi connectivity index (χ2v) is 17.1. The average Bonchev–Trinajstić information content (AvgIpc) is 3.31. The topological polar surface area (TPSA) is 109 Å². The van der Waals surface area contributed by atoms with Gasteiger partial charge in [-0.1, -0.05) is 182 Å². The van der Waals surface area contributed by atoms with Crippen LogP contribution in [0.2, 0.25) is 0 Å². The molecule has 0 aromatic heterocycles. The van der Waals surface area contributed by atoms with Crippen LogP contribution in [0, 0.1) is 5.92 Å². The van der Waals surface area contributed by atoms with Gasteiger partial charge in [-0.3, -0.25) is 0 Å². The third-order valence-electron chi connectivity index (χ3n) is 12.2. The first-order valence-electron chi connectivity index (χ1n) is 23.4. The number of amides is 2. The third-order valence-corrected chi connectivity index (χ3v) is 12.2. The standard InChI is InChI=1S/C53H73N3O6/c1-5-7-9-11-13-18-33-56(34-19-14-12-10-8-6-2)38-49-40(3)50(45-27-25-42(39-57)26-28-45)62-52(61-49)46-31-29-44(30-32-46)47-24-20-23-43(35-47)37-54-53(59)55-48(51(58)60-4)36-41-21-16-15-17-22-41/h15-17,20-32,35,40,48-50,52,57H,5-14,18-19,33-34,36-39H2,1-4H3,(H2,54,55,59)/t40-,48+,49+,50+,52+/m1/s1. The molecule has 1 saturated heterocycles. The van der Waals surface area contributed by atoms with Crippen LogP contribution in [-0.4, -0.2) is 60.9 Å². The molecule has 2 amide bonds. The van der Waals surface area contributed by atoms with Gasteiger partial charge in [0.15, 0.2) is 6.29 Å². The van der Waals surface area contributed by atoms with Gasteiger partial charge in [-0.15, -0.1) is 0 Å². The SMILES string of the molecule is CCCCCCCCN(CCCCCCCC)C[C@@H]1O[C@H](c2ccc(-c3cccc(CNC(=O)N[C@@H](Cc4ccccc4)C(=O)OC)c3)cc2)O[C@H](c2ccc(CO)cc2)[C@@H]1C. The first kappa shape index (κ1) is 48.5. The number of aliphatic hydroxyl groups excluding tert-OH is 1. The predicted molar refractivity (Wildman–Crippen MR) is 249 cm³/mol. The molecular weight excluding hydrogens is 775 g/mol. The minimum atomic E-state index is -0.806. The van der Waals surface area contributed by atoms with E-state index >= 15 is 0 Å². The summed E-state index contributed by atoms with van der Waals surface area (Å²) >= 11 is 0. The number of methoxy groups -OCH3 is 1. The van der Waals surface area contributed by atoms with Gasteiger partial charge >= 0.3 is 12.0 Å². The maximum atomic E-state index is 12.9. The Morgan fingerprint density at radius 2 is 1.31 bits per heavy atom. The van der Waals surface area contributed by atoms with Gasteiger partial charge in [0.1, 0.15) is 6.04 Å². The lowest BCUT2D eigenvalue weighted by Crippen LogP contribution is -2.47. The van der Waals surface area contributed by atoms with E-state index in [1.165, 1.54) is 84.2 Å². The van der Waals surface area contributed by atoms with Crippen molar-refractivity contribution in [3.05, 3.63) is 131 Å². The lowest BCUT2D eigenvalue weighted by atomic mass is 9.89. The third kappa shape index (κ3) is 15.7. The number of carbonyl (C=O) groups excluding carboxylic acids is 2. The van der Waals surface area contributed by atoms with E-state index in [9.17, 15) is 14.7 Å². The second kappa shape index (κ2) is 26.8. The molecule has 0 aliphatic carbocycles. The van der Waals surface area contributed by atoms with Crippen molar-refractivity contribution in [1.82, 2.24) is 15.5 Å². The monoisotopic (exact) mass is 848 g/mol. The van der Waals surface area contributed by atoms with Crippen LogP contribution < -0.4 is 10.6 Å². The molecule has 0 unspecified atom stereocenters. The van der Waals surface area contributed by atoms with Crippen molar-refractivity contribution in [3.63, 3.8) is 0 Å². The number of benzene rings is 4. The summed E-state index contributed by atoms with van der Waals surface area (Å²) in [6, 6.07) is 32.9. The lowest BCUT2D eigenvalue weighted by molar-refractivity contribution is -0.276. The average molecular weight is 848 g/mol. The van der Waals surface area contributed by atoms with E-state index in [4.69, 9.17) is 14.2 Å². The van der Waals surface area contributed by atoms with E-state index in [-0.39, 0.29) is 31.3 Å². The lowest BCUT2D eigenvalue weighted by Gasteiger charge is -2.43. The summed E-state index contributed by atoms with van der Waals surface area (Å²) in [6.07, 6.45) is 15.0. The number of rotatable bonds is 26. The molecule has 9 nitrogen and oxygen atoms in total. The van der Waals surface area contributed by atoms with Crippen LogP contribution in [0.5, 0.6) is 0 Å². The number of carbonyl (C=O) groups is 2. The molecule has 0 bridgehead atoms. The van der Waals surface area contributed by atoms with Crippen LogP contribution in [0.25, 0.3) is 11.1 Å². The molecule has 0 radical (unpaired) electrons. The van der Waals surface area contributed by atoms with Crippen molar-refractivity contribution < 1.29 is 28.9 Å². The first-order chi connectivity index (χ1) is 30.3. The molecule has 336 valence electrons. The number of ether oxygens (including phenoxy) is 3. The van der Waals surface area contributed by atoms with Gasteiger partial charge in [-0.2, -0.15) is 0 Å². The van der Waals surface area contributed by atoms with Crippen LogP contribution in [0.15, 0.2) is 103 Å². The maximum Gasteiger partial charge on any atom is 0.328 e. The Labute approximate surface area is 371 Å². The summed E-state index contributed by atoms with van der Waals surface area (Å²) in [4.78, 5) is 28.1. The summed E-state index contributed by atoms with van der Waals surface area (Å²) < 4.78 is 18.8. The van der Waals surface area contributed by atoms with E-state index in [1.807, 2.05) is 54.6 Å². The van der Waals surface area contributed by atoms with Crippen molar-refractivity contribution in [3.8, 4) is 11.1 Å². The minimum Gasteiger partial charge on any atom is -0.467 e. The van der Waals surface area contributed by atoms with Gasteiger partial charge < -0.3 is 34.9 Å². The Morgan fingerprint density at radius 1 is 0.694 bits per heavy atom. The number of nitrogens with zero attached hydrogens (tertiary/aromatic N) is 1. The van der Waals surface area contributed by atoms with Crippen molar-refractivity contribution in [1.29, 1.82) is 0 Å². The van der Waals surface area contributed by atoms with Gasteiger partial charge in [0.05, 0.1) is 25.9 Å². The maximum absolute atomic E-state index is 12.9. The zero-order valence-corrected chi connectivity index (χ0v) is 37.9. The van der Waals surface area contributed by atoms with E-state index in [1.54, 1.807) is 0 Å². The first-order valence-corrected chi connectivity index (χ1v) is 23.4. The summed E-state index contributed by atoms with van der Waals surface area (Å²) in [5.74, 6) is -0.375. The number of hydrogen-bond acceptors (Lipinski definition) is 7. The molecule has 0 spiro atoms. The van der Waals surface area contributed by atoms with Crippen molar-refractivity contribution in [2.75, 3.05) is 26.7 Å². The van der Waals surface area contributed by atoms with E-state index in [0.717, 1.165) is 58.6 Å². The number of nitrogens with one attached hydrogen (secondary N) is 2. The van der Waals surface area contributed by atoms with E-state index in [2.05, 4.69) is 84.8 Å². The number of hydrogen-bond donors (Lipinski definition) is 3. The van der Waals surface area contributed by atoms with E-state index in [0.29, 0.717) is 6.42 Å². The molecule has 4 aromatic rings. The fraction of sp³-hybridized carbons (Fsp3) is 0.509. The molecular formula is C53H73N3O6. The molecule has 1 heterocycles. The number of urea groups is 1. The molecule has 1 aliphatic heterocycles. The van der Waals surface area contributed by atoms with Crippen molar-refractivity contribution in [2.24, 2.45) is 5.92 Å². The molecule has 1 aliphatic rings. The Balaban J connectivity index is 1.26. The van der Waals surface area contributed by atoms with Gasteiger partial charge in [-0.05, 0) is 65.4 Å².